The first-order valence-electron chi connectivity index (χ1n) is 7.81. The fraction of sp³-hybridized carbons (Fsp3) is 0.158. The van der Waals surface area contributed by atoms with Gasteiger partial charge < -0.3 is 15.4 Å². The summed E-state index contributed by atoms with van der Waals surface area (Å²) < 4.78 is 4.92. The molecule has 6 heteroatoms. The zero-order chi connectivity index (χ0) is 18.1. The molecule has 0 unspecified atom stereocenters. The number of amides is 2. The van der Waals surface area contributed by atoms with Crippen LogP contribution in [0.15, 0.2) is 54.7 Å². The molecule has 0 heterocycles. The van der Waals surface area contributed by atoms with Crippen molar-refractivity contribution in [2.24, 2.45) is 0 Å². The Morgan fingerprint density at radius 3 is 2.52 bits per heavy atom. The van der Waals surface area contributed by atoms with Gasteiger partial charge in [-0.3, -0.25) is 0 Å². The Morgan fingerprint density at radius 2 is 1.84 bits per heavy atom. The molecule has 2 amide bonds. The first-order chi connectivity index (χ1) is 12.1. The maximum absolute atomic E-state index is 11.8. The number of nitrogens with one attached hydrogen (secondary N) is 2. The average molecular weight is 359 g/mol. The van der Waals surface area contributed by atoms with Crippen molar-refractivity contribution < 1.29 is 14.3 Å². The smallest absolute Gasteiger partial charge is 0.338 e. The zero-order valence-corrected chi connectivity index (χ0v) is 14.5. The van der Waals surface area contributed by atoms with Crippen LogP contribution in [0.1, 0.15) is 28.4 Å². The number of urea groups is 1. The Morgan fingerprint density at radius 1 is 1.12 bits per heavy atom. The van der Waals surface area contributed by atoms with Crippen molar-refractivity contribution in [1.82, 2.24) is 10.6 Å². The van der Waals surface area contributed by atoms with Crippen LogP contribution in [0.4, 0.5) is 4.79 Å². The fourth-order valence-electron chi connectivity index (χ4n) is 2.02. The molecule has 0 aliphatic heterocycles. The minimum Gasteiger partial charge on any atom is -0.462 e. The number of hydrogen-bond acceptors (Lipinski definition) is 3. The van der Waals surface area contributed by atoms with Crippen molar-refractivity contribution in [3.8, 4) is 0 Å². The Kier molecular flexibility index (Phi) is 7.04. The van der Waals surface area contributed by atoms with Gasteiger partial charge in [-0.05, 0) is 42.3 Å². The normalized spacial score (nSPS) is 10.5. The van der Waals surface area contributed by atoms with Gasteiger partial charge in [0.1, 0.15) is 0 Å². The van der Waals surface area contributed by atoms with Gasteiger partial charge in [0.15, 0.2) is 0 Å². The van der Waals surface area contributed by atoms with Crippen LogP contribution in [-0.4, -0.2) is 18.6 Å². The molecule has 25 heavy (non-hydrogen) atoms. The number of benzene rings is 2. The predicted octanol–water partition coefficient (Wildman–Crippen LogP) is 3.99. The molecule has 0 spiro atoms. The Bertz CT molecular complexity index is 758. The van der Waals surface area contributed by atoms with E-state index in [1.165, 1.54) is 6.20 Å². The predicted molar refractivity (Wildman–Crippen MR) is 98.3 cm³/mol. The highest BCUT2D eigenvalue weighted by Crippen LogP contribution is 2.15. The van der Waals surface area contributed by atoms with Gasteiger partial charge in [0.2, 0.25) is 0 Å². The van der Waals surface area contributed by atoms with E-state index in [0.29, 0.717) is 23.7 Å². The Hall–Kier alpha value is -2.79. The first kappa shape index (κ1) is 18.5. The van der Waals surface area contributed by atoms with Gasteiger partial charge >= 0.3 is 12.0 Å². The molecule has 0 saturated carbocycles. The van der Waals surface area contributed by atoms with E-state index in [9.17, 15) is 9.59 Å². The van der Waals surface area contributed by atoms with Crippen molar-refractivity contribution in [3.05, 3.63) is 76.4 Å². The summed E-state index contributed by atoms with van der Waals surface area (Å²) in [5.74, 6) is -0.357. The number of ether oxygens (including phenoxy) is 1. The van der Waals surface area contributed by atoms with E-state index >= 15 is 0 Å². The molecule has 0 radical (unpaired) electrons. The summed E-state index contributed by atoms with van der Waals surface area (Å²) in [5, 5.41) is 5.95. The van der Waals surface area contributed by atoms with Crippen molar-refractivity contribution in [3.63, 3.8) is 0 Å². The second kappa shape index (κ2) is 9.49. The summed E-state index contributed by atoms with van der Waals surface area (Å²) in [5.41, 5.74) is 2.18. The molecule has 2 rings (SSSR count). The summed E-state index contributed by atoms with van der Waals surface area (Å²) in [4.78, 5) is 23.3. The molecule has 2 N–H and O–H groups in total. The molecule has 2 aromatic rings. The van der Waals surface area contributed by atoms with E-state index in [1.807, 2.05) is 18.2 Å². The first-order valence-corrected chi connectivity index (χ1v) is 8.19. The maximum atomic E-state index is 11.8. The fourth-order valence-corrected chi connectivity index (χ4v) is 2.22. The number of carbonyl (C=O) groups is 2. The third kappa shape index (κ3) is 5.97. The highest BCUT2D eigenvalue weighted by molar-refractivity contribution is 6.32. The lowest BCUT2D eigenvalue weighted by Gasteiger charge is -2.06. The number of esters is 1. The lowest BCUT2D eigenvalue weighted by Crippen LogP contribution is -2.31. The molecule has 0 aliphatic rings. The minimum absolute atomic E-state index is 0.335. The van der Waals surface area contributed by atoms with Crippen LogP contribution < -0.4 is 10.6 Å². The van der Waals surface area contributed by atoms with Crippen LogP contribution in [0, 0.1) is 0 Å². The molecule has 0 aromatic heterocycles. The van der Waals surface area contributed by atoms with Crippen LogP contribution >= 0.6 is 11.6 Å². The highest BCUT2D eigenvalue weighted by atomic mass is 35.5. The van der Waals surface area contributed by atoms with Crippen LogP contribution in [0.2, 0.25) is 5.02 Å². The lowest BCUT2D eigenvalue weighted by molar-refractivity contribution is 0.0526. The van der Waals surface area contributed by atoms with Gasteiger partial charge in [-0.1, -0.05) is 41.9 Å². The Balaban J connectivity index is 1.80. The van der Waals surface area contributed by atoms with Crippen LogP contribution in [-0.2, 0) is 11.3 Å². The maximum Gasteiger partial charge on any atom is 0.338 e. The molecule has 2 aromatic carbocycles. The number of hydrogen-bond donors (Lipinski definition) is 2. The van der Waals surface area contributed by atoms with Gasteiger partial charge in [-0.15, -0.1) is 0 Å². The van der Waals surface area contributed by atoms with Crippen molar-refractivity contribution in [2.75, 3.05) is 6.61 Å². The van der Waals surface area contributed by atoms with E-state index in [2.05, 4.69) is 10.6 Å². The zero-order valence-electron chi connectivity index (χ0n) is 13.8. The number of halogens is 1. The summed E-state index contributed by atoms with van der Waals surface area (Å²) in [7, 11) is 0. The lowest BCUT2D eigenvalue weighted by atomic mass is 10.1. The van der Waals surface area contributed by atoms with Crippen molar-refractivity contribution in [2.45, 2.75) is 13.5 Å². The SMILES string of the molecule is CCOC(=O)c1ccc(CNC(=O)N/C=C/c2ccccc2Cl)cc1. The summed E-state index contributed by atoms with van der Waals surface area (Å²) in [6.07, 6.45) is 3.25. The van der Waals surface area contributed by atoms with Gasteiger partial charge in [0.25, 0.3) is 0 Å². The van der Waals surface area contributed by atoms with Gasteiger partial charge in [0.05, 0.1) is 12.2 Å². The van der Waals surface area contributed by atoms with E-state index in [-0.39, 0.29) is 12.0 Å². The van der Waals surface area contributed by atoms with Gasteiger partial charge in [-0.25, -0.2) is 9.59 Å². The second-order valence-corrected chi connectivity index (χ2v) is 5.51. The topological polar surface area (TPSA) is 67.4 Å². The largest absolute Gasteiger partial charge is 0.462 e. The standard InChI is InChI=1S/C19H19ClN2O3/c1-2-25-18(23)16-9-7-14(8-10-16)13-22-19(24)21-12-11-15-5-3-4-6-17(15)20/h3-12H,2,13H2,1H3,(H2,21,22,24)/b12-11+. The summed E-state index contributed by atoms with van der Waals surface area (Å²) >= 11 is 6.02. The average Bonchev–Trinajstić information content (AvgIpc) is 2.62. The Labute approximate surface area is 151 Å². The molecule has 5 nitrogen and oxygen atoms in total. The van der Waals surface area contributed by atoms with E-state index in [0.717, 1.165) is 11.1 Å². The van der Waals surface area contributed by atoms with Crippen LogP contribution in [0.5, 0.6) is 0 Å². The molecule has 0 saturated heterocycles. The molecule has 0 fully saturated rings. The van der Waals surface area contributed by atoms with Gasteiger partial charge in [0, 0.05) is 17.8 Å². The molecule has 0 aliphatic carbocycles. The molecule has 0 bridgehead atoms. The van der Waals surface area contributed by atoms with E-state index < -0.39 is 0 Å². The highest BCUT2D eigenvalue weighted by Gasteiger charge is 2.06. The quantitative estimate of drug-likeness (QED) is 0.767. The minimum atomic E-state index is -0.357. The summed E-state index contributed by atoms with van der Waals surface area (Å²) in [6.45, 7) is 2.44. The number of rotatable bonds is 6. The molecule has 0 atom stereocenters. The molecular formula is C19H19ClN2O3. The molecule has 130 valence electrons. The van der Waals surface area contributed by atoms with E-state index in [1.54, 1.807) is 43.3 Å². The monoisotopic (exact) mass is 358 g/mol. The van der Waals surface area contributed by atoms with Crippen molar-refractivity contribution in [1.29, 1.82) is 0 Å². The van der Waals surface area contributed by atoms with Crippen molar-refractivity contribution >= 4 is 29.7 Å². The molecular weight excluding hydrogens is 340 g/mol. The van der Waals surface area contributed by atoms with Gasteiger partial charge in [-0.2, -0.15) is 0 Å². The second-order valence-electron chi connectivity index (χ2n) is 5.10. The van der Waals surface area contributed by atoms with E-state index in [4.69, 9.17) is 16.3 Å². The van der Waals surface area contributed by atoms with Crippen LogP contribution in [0.25, 0.3) is 6.08 Å². The third-order valence-corrected chi connectivity index (χ3v) is 3.64. The number of carbonyl (C=O) groups excluding carboxylic acids is 2. The van der Waals surface area contributed by atoms with Crippen LogP contribution in [0.3, 0.4) is 0 Å². The third-order valence-electron chi connectivity index (χ3n) is 3.30. The summed E-state index contributed by atoms with van der Waals surface area (Å²) in [6, 6.07) is 13.9.